The molecule has 0 saturated heterocycles. The molecule has 0 radical (unpaired) electrons. The predicted molar refractivity (Wildman–Crippen MR) is 39.9 cm³/mol. The van der Waals surface area contributed by atoms with E-state index in [9.17, 15) is 0 Å². The summed E-state index contributed by atoms with van der Waals surface area (Å²) in [5.74, 6) is 0.0223. The van der Waals surface area contributed by atoms with Crippen LogP contribution >= 0.6 is 0 Å². The normalized spacial score (nSPS) is 12.9. The monoisotopic (exact) mass is 154 g/mol. The van der Waals surface area contributed by atoms with Crippen LogP contribution in [0.4, 0.5) is 0 Å². The van der Waals surface area contributed by atoms with E-state index in [0.29, 0.717) is 5.69 Å². The first kappa shape index (κ1) is 7.97. The molecule has 0 aliphatic heterocycles. The van der Waals surface area contributed by atoms with Gasteiger partial charge in [-0.2, -0.15) is 0 Å². The Bertz CT molecular complexity index is 240. The summed E-state index contributed by atoms with van der Waals surface area (Å²) in [6, 6.07) is 2.48. The molecule has 1 aromatic heterocycles. The Hall–Kier alpha value is -1.13. The number of rotatable bonds is 2. The summed E-state index contributed by atoms with van der Waals surface area (Å²) in [5, 5.41) is 17.8. The fourth-order valence-corrected chi connectivity index (χ4v) is 0.781. The third-order valence-corrected chi connectivity index (χ3v) is 1.36. The maximum Gasteiger partial charge on any atom is 0.138 e. The van der Waals surface area contributed by atoms with E-state index in [-0.39, 0.29) is 12.4 Å². The summed E-state index contributed by atoms with van der Waals surface area (Å²) < 4.78 is 0. The fraction of sp³-hybridized carbons (Fsp3) is 0.286. The molecular weight excluding hydrogens is 144 g/mol. The molecule has 0 amide bonds. The number of nitrogens with two attached hydrogens (primary N) is 1. The van der Waals surface area contributed by atoms with Gasteiger partial charge in [-0.05, 0) is 12.1 Å². The number of aromatic nitrogens is 1. The SMILES string of the molecule is N[C@@H](CO)c1ncccc1O. The van der Waals surface area contributed by atoms with Gasteiger partial charge in [-0.1, -0.05) is 0 Å². The molecule has 11 heavy (non-hydrogen) atoms. The van der Waals surface area contributed by atoms with Gasteiger partial charge in [-0.3, -0.25) is 4.98 Å². The average molecular weight is 154 g/mol. The van der Waals surface area contributed by atoms with Gasteiger partial charge in [0.25, 0.3) is 0 Å². The molecule has 0 bridgehead atoms. The lowest BCUT2D eigenvalue weighted by Crippen LogP contribution is -2.15. The minimum Gasteiger partial charge on any atom is -0.506 e. The van der Waals surface area contributed by atoms with E-state index in [0.717, 1.165) is 0 Å². The van der Waals surface area contributed by atoms with Crippen LogP contribution in [-0.4, -0.2) is 21.8 Å². The second kappa shape index (κ2) is 3.32. The lowest BCUT2D eigenvalue weighted by atomic mass is 10.2. The van der Waals surface area contributed by atoms with Crippen molar-refractivity contribution in [2.75, 3.05) is 6.61 Å². The van der Waals surface area contributed by atoms with Crippen LogP contribution in [0.3, 0.4) is 0 Å². The molecule has 0 saturated carbocycles. The quantitative estimate of drug-likeness (QED) is 0.550. The molecule has 1 aromatic rings. The fourth-order valence-electron chi connectivity index (χ4n) is 0.781. The number of aromatic hydroxyl groups is 1. The number of aliphatic hydroxyl groups is 1. The van der Waals surface area contributed by atoms with Crippen molar-refractivity contribution in [3.05, 3.63) is 24.0 Å². The van der Waals surface area contributed by atoms with E-state index in [1.165, 1.54) is 12.3 Å². The van der Waals surface area contributed by atoms with Gasteiger partial charge >= 0.3 is 0 Å². The molecule has 0 aliphatic rings. The van der Waals surface area contributed by atoms with Crippen molar-refractivity contribution >= 4 is 0 Å². The third-order valence-electron chi connectivity index (χ3n) is 1.36. The molecule has 1 rings (SSSR count). The number of hydrogen-bond donors (Lipinski definition) is 3. The van der Waals surface area contributed by atoms with Crippen LogP contribution in [0.5, 0.6) is 5.75 Å². The van der Waals surface area contributed by atoms with Crippen molar-refractivity contribution in [2.45, 2.75) is 6.04 Å². The topological polar surface area (TPSA) is 79.4 Å². The Labute approximate surface area is 64.3 Å². The van der Waals surface area contributed by atoms with Gasteiger partial charge in [0.2, 0.25) is 0 Å². The lowest BCUT2D eigenvalue weighted by Gasteiger charge is -2.07. The number of aliphatic hydroxyl groups excluding tert-OH is 1. The standard InChI is InChI=1S/C7H10N2O2/c8-5(4-10)7-6(11)2-1-3-9-7/h1-3,5,10-11H,4,8H2/t5-/m0/s1. The average Bonchev–Trinajstić information content (AvgIpc) is 2.04. The molecule has 4 N–H and O–H groups in total. The summed E-state index contributed by atoms with van der Waals surface area (Å²) in [6.07, 6.45) is 1.52. The van der Waals surface area contributed by atoms with Gasteiger partial charge in [-0.15, -0.1) is 0 Å². The van der Waals surface area contributed by atoms with Gasteiger partial charge in [0.05, 0.1) is 12.6 Å². The van der Waals surface area contributed by atoms with Crippen molar-refractivity contribution in [3.63, 3.8) is 0 Å². The molecule has 0 unspecified atom stereocenters. The summed E-state index contributed by atoms with van der Waals surface area (Å²) in [5.41, 5.74) is 5.75. The first-order valence-electron chi connectivity index (χ1n) is 3.26. The largest absolute Gasteiger partial charge is 0.506 e. The van der Waals surface area contributed by atoms with Crippen LogP contribution < -0.4 is 5.73 Å². The Kier molecular flexibility index (Phi) is 2.40. The summed E-state index contributed by atoms with van der Waals surface area (Å²) in [6.45, 7) is -0.218. The Morgan fingerprint density at radius 1 is 1.64 bits per heavy atom. The first-order valence-corrected chi connectivity index (χ1v) is 3.26. The maximum absolute atomic E-state index is 9.16. The van der Waals surface area contributed by atoms with Crippen LogP contribution in [0, 0.1) is 0 Å². The Balaban J connectivity index is 2.93. The second-order valence-electron chi connectivity index (χ2n) is 2.20. The highest BCUT2D eigenvalue weighted by Crippen LogP contribution is 2.17. The second-order valence-corrected chi connectivity index (χ2v) is 2.20. The zero-order valence-corrected chi connectivity index (χ0v) is 5.94. The molecule has 0 fully saturated rings. The molecule has 1 heterocycles. The van der Waals surface area contributed by atoms with Crippen LogP contribution in [0.2, 0.25) is 0 Å². The molecule has 4 nitrogen and oxygen atoms in total. The van der Waals surface area contributed by atoms with Crippen LogP contribution in [0.25, 0.3) is 0 Å². The highest BCUT2D eigenvalue weighted by atomic mass is 16.3. The van der Waals surface area contributed by atoms with Gasteiger partial charge < -0.3 is 15.9 Å². The van der Waals surface area contributed by atoms with Crippen LogP contribution in [-0.2, 0) is 0 Å². The minimum absolute atomic E-state index is 0.0223. The third kappa shape index (κ3) is 1.66. The minimum atomic E-state index is -0.601. The van der Waals surface area contributed by atoms with Crippen molar-refractivity contribution in [2.24, 2.45) is 5.73 Å². The highest BCUT2D eigenvalue weighted by molar-refractivity contribution is 5.27. The van der Waals surface area contributed by atoms with Crippen molar-refractivity contribution in [3.8, 4) is 5.75 Å². The van der Waals surface area contributed by atoms with Gasteiger partial charge in [0.15, 0.2) is 0 Å². The summed E-state index contributed by atoms with van der Waals surface area (Å²) >= 11 is 0. The van der Waals surface area contributed by atoms with Crippen molar-refractivity contribution in [1.82, 2.24) is 4.98 Å². The van der Waals surface area contributed by atoms with E-state index >= 15 is 0 Å². The van der Waals surface area contributed by atoms with Crippen LogP contribution in [0.1, 0.15) is 11.7 Å². The smallest absolute Gasteiger partial charge is 0.138 e. The molecule has 4 heteroatoms. The van der Waals surface area contributed by atoms with E-state index in [1.807, 2.05) is 0 Å². The van der Waals surface area contributed by atoms with E-state index in [2.05, 4.69) is 4.98 Å². The molecular formula is C7H10N2O2. The maximum atomic E-state index is 9.16. The zero-order chi connectivity index (χ0) is 8.27. The van der Waals surface area contributed by atoms with Gasteiger partial charge in [-0.25, -0.2) is 0 Å². The molecule has 60 valence electrons. The predicted octanol–water partition coefficient (Wildman–Crippen LogP) is -0.221. The molecule has 0 aromatic carbocycles. The van der Waals surface area contributed by atoms with Crippen molar-refractivity contribution in [1.29, 1.82) is 0 Å². The molecule has 0 spiro atoms. The number of hydrogen-bond acceptors (Lipinski definition) is 4. The Morgan fingerprint density at radius 2 is 2.36 bits per heavy atom. The zero-order valence-electron chi connectivity index (χ0n) is 5.94. The van der Waals surface area contributed by atoms with Gasteiger partial charge in [0, 0.05) is 6.20 Å². The van der Waals surface area contributed by atoms with E-state index in [4.69, 9.17) is 15.9 Å². The number of pyridine rings is 1. The first-order chi connectivity index (χ1) is 5.25. The van der Waals surface area contributed by atoms with Crippen LogP contribution in [0.15, 0.2) is 18.3 Å². The highest BCUT2D eigenvalue weighted by Gasteiger charge is 2.09. The van der Waals surface area contributed by atoms with Gasteiger partial charge in [0.1, 0.15) is 11.4 Å². The summed E-state index contributed by atoms with van der Waals surface area (Å²) in [4.78, 5) is 3.81. The Morgan fingerprint density at radius 3 is 2.91 bits per heavy atom. The van der Waals surface area contributed by atoms with E-state index in [1.54, 1.807) is 6.07 Å². The molecule has 1 atom stereocenters. The molecule has 0 aliphatic carbocycles. The lowest BCUT2D eigenvalue weighted by molar-refractivity contribution is 0.262. The van der Waals surface area contributed by atoms with E-state index < -0.39 is 6.04 Å². The van der Waals surface area contributed by atoms with Crippen molar-refractivity contribution < 1.29 is 10.2 Å². The number of nitrogens with zero attached hydrogens (tertiary/aromatic N) is 1. The summed E-state index contributed by atoms with van der Waals surface area (Å²) in [7, 11) is 0.